The summed E-state index contributed by atoms with van der Waals surface area (Å²) in [7, 11) is -3.83. The Labute approximate surface area is 173 Å². The molecular weight excluding hydrogens is 428 g/mol. The molecule has 0 aliphatic heterocycles. The summed E-state index contributed by atoms with van der Waals surface area (Å²) in [5, 5.41) is 19.2. The predicted molar refractivity (Wildman–Crippen MR) is 104 cm³/mol. The second kappa shape index (κ2) is 10.6. The molecule has 0 fully saturated rings. The van der Waals surface area contributed by atoms with E-state index in [-0.39, 0.29) is 24.5 Å². The molecule has 162 valence electrons. The number of ketones is 1. The van der Waals surface area contributed by atoms with E-state index >= 15 is 0 Å². The first-order valence-electron chi connectivity index (χ1n) is 8.42. The second-order valence-corrected chi connectivity index (χ2v) is 8.20. The molecule has 0 amide bonds. The highest BCUT2D eigenvalue weighted by molar-refractivity contribution is 7.85. The molecule has 1 rings (SSSR count). The zero-order chi connectivity index (χ0) is 22.2. The van der Waals surface area contributed by atoms with Crippen molar-refractivity contribution in [1.29, 1.82) is 0 Å². The molecule has 0 aromatic heterocycles. The molecule has 0 aliphatic rings. The minimum absolute atomic E-state index is 0.000609. The summed E-state index contributed by atoms with van der Waals surface area (Å²) >= 11 is 5.77. The van der Waals surface area contributed by atoms with Crippen LogP contribution < -0.4 is 5.73 Å². The maximum Gasteiger partial charge on any atom is 0.333 e. The fourth-order valence-electron chi connectivity index (χ4n) is 2.95. The van der Waals surface area contributed by atoms with Crippen molar-refractivity contribution in [3.63, 3.8) is 0 Å². The van der Waals surface area contributed by atoms with Crippen LogP contribution in [0.2, 0.25) is 0 Å². The molecule has 0 radical (unpaired) electrons. The zero-order valence-electron chi connectivity index (χ0n) is 15.7. The third-order valence-corrected chi connectivity index (χ3v) is 4.92. The van der Waals surface area contributed by atoms with Gasteiger partial charge in [-0.1, -0.05) is 30.3 Å². The average Bonchev–Trinajstić information content (AvgIpc) is 2.61. The van der Waals surface area contributed by atoms with E-state index in [0.717, 1.165) is 11.2 Å². The molecule has 2 atom stereocenters. The number of aliphatic carboxylic acids is 2. The van der Waals surface area contributed by atoms with Gasteiger partial charge in [-0.25, -0.2) is 4.79 Å². The Morgan fingerprint density at radius 1 is 1.21 bits per heavy atom. The largest absolute Gasteiger partial charge is 0.481 e. The van der Waals surface area contributed by atoms with Gasteiger partial charge in [0, 0.05) is 24.5 Å². The van der Waals surface area contributed by atoms with Gasteiger partial charge >= 0.3 is 11.9 Å². The van der Waals surface area contributed by atoms with Gasteiger partial charge in [-0.15, -0.1) is 11.6 Å². The van der Waals surface area contributed by atoms with Gasteiger partial charge in [0.05, 0.1) is 25.3 Å². The number of alkyl halides is 1. The number of carbonyl (C=O) groups is 3. The van der Waals surface area contributed by atoms with E-state index in [1.54, 1.807) is 6.07 Å². The lowest BCUT2D eigenvalue weighted by molar-refractivity contribution is -0.150. The lowest BCUT2D eigenvalue weighted by Crippen LogP contribution is -2.70. The van der Waals surface area contributed by atoms with Gasteiger partial charge < -0.3 is 15.9 Å². The van der Waals surface area contributed by atoms with Crippen LogP contribution in [-0.2, 0) is 23.9 Å². The molecule has 0 heterocycles. The number of halogens is 1. The van der Waals surface area contributed by atoms with E-state index in [9.17, 15) is 27.9 Å². The first-order chi connectivity index (χ1) is 13.5. The van der Waals surface area contributed by atoms with E-state index < -0.39 is 52.4 Å². The SMILES string of the molecule is CS(=O)(=O)OCCN(CCCl)[C@@](C(=O)O)(C(=O)c1ccccc1)C(N)CC(=O)O. The van der Waals surface area contributed by atoms with Crippen molar-refractivity contribution in [2.24, 2.45) is 5.73 Å². The quantitative estimate of drug-likeness (QED) is 0.161. The third kappa shape index (κ3) is 6.47. The normalized spacial score (nSPS) is 14.9. The monoisotopic (exact) mass is 450 g/mol. The maximum absolute atomic E-state index is 13.3. The molecule has 0 saturated heterocycles. The number of carboxylic acid groups (broad SMARTS) is 2. The van der Waals surface area contributed by atoms with Gasteiger partial charge in [-0.05, 0) is 0 Å². The van der Waals surface area contributed by atoms with Crippen molar-refractivity contribution < 1.29 is 37.2 Å². The number of benzene rings is 1. The van der Waals surface area contributed by atoms with E-state index in [2.05, 4.69) is 4.18 Å². The number of nitrogens with two attached hydrogens (primary N) is 1. The third-order valence-electron chi connectivity index (χ3n) is 4.15. The first-order valence-corrected chi connectivity index (χ1v) is 10.8. The minimum Gasteiger partial charge on any atom is -0.481 e. The zero-order valence-corrected chi connectivity index (χ0v) is 17.2. The molecule has 10 nitrogen and oxygen atoms in total. The first kappa shape index (κ1) is 25.0. The summed E-state index contributed by atoms with van der Waals surface area (Å²) in [6.45, 7) is -1.02. The molecule has 4 N–H and O–H groups in total. The van der Waals surface area contributed by atoms with Gasteiger partial charge in [-0.2, -0.15) is 8.42 Å². The number of hydrogen-bond acceptors (Lipinski definition) is 8. The van der Waals surface area contributed by atoms with Crippen molar-refractivity contribution >= 4 is 39.4 Å². The van der Waals surface area contributed by atoms with Crippen LogP contribution in [0.4, 0.5) is 0 Å². The summed E-state index contributed by atoms with van der Waals surface area (Å²) in [4.78, 5) is 38.0. The molecule has 1 unspecified atom stereocenters. The van der Waals surface area contributed by atoms with Crippen LogP contribution in [0.1, 0.15) is 16.8 Å². The molecule has 1 aromatic rings. The second-order valence-electron chi connectivity index (χ2n) is 6.17. The number of rotatable bonds is 13. The van der Waals surface area contributed by atoms with Crippen molar-refractivity contribution in [3.8, 4) is 0 Å². The Hall–Kier alpha value is -2.05. The van der Waals surface area contributed by atoms with Crippen LogP contribution in [0.3, 0.4) is 0 Å². The smallest absolute Gasteiger partial charge is 0.333 e. The van der Waals surface area contributed by atoms with Gasteiger partial charge in [0.25, 0.3) is 10.1 Å². The fraction of sp³-hybridized carbons (Fsp3) is 0.471. The van der Waals surface area contributed by atoms with Gasteiger partial charge in [0.2, 0.25) is 0 Å². The average molecular weight is 451 g/mol. The van der Waals surface area contributed by atoms with E-state index in [0.29, 0.717) is 0 Å². The van der Waals surface area contributed by atoms with E-state index in [1.165, 1.54) is 24.3 Å². The van der Waals surface area contributed by atoms with Crippen LogP contribution in [-0.4, -0.2) is 84.7 Å². The summed E-state index contributed by atoms with van der Waals surface area (Å²) in [5.74, 6) is -4.15. The van der Waals surface area contributed by atoms with Crippen LogP contribution in [0.15, 0.2) is 30.3 Å². The number of hydrogen-bond donors (Lipinski definition) is 3. The van der Waals surface area contributed by atoms with Crippen LogP contribution in [0.5, 0.6) is 0 Å². The number of carbonyl (C=O) groups excluding carboxylic acids is 1. The van der Waals surface area contributed by atoms with Crippen molar-refractivity contribution in [2.75, 3.05) is 31.8 Å². The maximum atomic E-state index is 13.3. The van der Waals surface area contributed by atoms with Crippen molar-refractivity contribution in [2.45, 2.75) is 18.0 Å². The van der Waals surface area contributed by atoms with Gasteiger partial charge in [0.15, 0.2) is 11.3 Å². The van der Waals surface area contributed by atoms with Crippen molar-refractivity contribution in [1.82, 2.24) is 4.90 Å². The van der Waals surface area contributed by atoms with E-state index in [1.807, 2.05) is 0 Å². The summed E-state index contributed by atoms with van der Waals surface area (Å²) in [6, 6.07) is 5.74. The molecule has 0 spiro atoms. The Balaban J connectivity index is 3.52. The molecule has 1 aromatic carbocycles. The molecule has 0 saturated carbocycles. The highest BCUT2D eigenvalue weighted by Crippen LogP contribution is 2.27. The Bertz CT molecular complexity index is 833. The number of carboxylic acids is 2. The van der Waals surface area contributed by atoms with Crippen molar-refractivity contribution in [3.05, 3.63) is 35.9 Å². The standard InChI is InChI=1S/C17H23ClN2O8S/c1-29(26,27)28-10-9-20(8-7-18)17(16(24)25,13(19)11-14(21)22)15(23)12-5-3-2-4-6-12/h2-6,13H,7-11,19H2,1H3,(H,21,22)(H,24,25)/t13?,17-/m1/s1. The molecule has 29 heavy (non-hydrogen) atoms. The van der Waals surface area contributed by atoms with E-state index in [4.69, 9.17) is 22.4 Å². The van der Waals surface area contributed by atoms with Crippen LogP contribution in [0, 0.1) is 0 Å². The fourth-order valence-corrected chi connectivity index (χ4v) is 3.53. The van der Waals surface area contributed by atoms with Gasteiger partial charge in [0.1, 0.15) is 0 Å². The number of Topliss-reactive ketones (excluding diaryl/α,β-unsaturated/α-hetero) is 1. The van der Waals surface area contributed by atoms with Crippen LogP contribution >= 0.6 is 11.6 Å². The molecule has 12 heteroatoms. The predicted octanol–water partition coefficient (Wildman–Crippen LogP) is 0.0117. The molecule has 0 aliphatic carbocycles. The highest BCUT2D eigenvalue weighted by Gasteiger charge is 2.56. The Morgan fingerprint density at radius 3 is 2.24 bits per heavy atom. The Kier molecular flexibility index (Phi) is 9.17. The lowest BCUT2D eigenvalue weighted by atomic mass is 9.79. The Morgan fingerprint density at radius 2 is 1.79 bits per heavy atom. The topological polar surface area (TPSA) is 164 Å². The van der Waals surface area contributed by atoms with Gasteiger partial charge in [-0.3, -0.25) is 18.7 Å². The summed E-state index contributed by atoms with van der Waals surface area (Å²) in [5.41, 5.74) is 3.45. The van der Waals surface area contributed by atoms with Crippen LogP contribution in [0.25, 0.3) is 0 Å². The highest BCUT2D eigenvalue weighted by atomic mass is 35.5. The molecular formula is C17H23ClN2O8S. The number of nitrogens with zero attached hydrogens (tertiary/aromatic N) is 1. The lowest BCUT2D eigenvalue weighted by Gasteiger charge is -2.42. The summed E-state index contributed by atoms with van der Waals surface area (Å²) in [6.07, 6.45) is -0.00872. The molecule has 0 bridgehead atoms. The summed E-state index contributed by atoms with van der Waals surface area (Å²) < 4.78 is 27.1. The minimum atomic E-state index is -3.83.